The zero-order valence-electron chi connectivity index (χ0n) is 14.5. The topological polar surface area (TPSA) is 67.9 Å². The smallest absolute Gasteiger partial charge is 0.262 e. The van der Waals surface area contributed by atoms with Gasteiger partial charge in [-0.25, -0.2) is 4.39 Å². The van der Waals surface area contributed by atoms with Crippen molar-refractivity contribution in [2.24, 2.45) is 5.92 Å². The molecule has 4 rings (SSSR count). The first kappa shape index (κ1) is 19.0. The SMILES string of the molecule is O=C1COc2cc(F)c(C(=O)N3CC(COc4ccc(Br)cc4Cl)C3)cc2N1. The van der Waals surface area contributed by atoms with E-state index in [2.05, 4.69) is 21.2 Å². The normalized spacial score (nSPS) is 16.0. The number of fused-ring (bicyclic) bond motifs is 1. The van der Waals surface area contributed by atoms with Crippen LogP contribution < -0.4 is 14.8 Å². The molecular formula is C19H15BrClFN2O4. The summed E-state index contributed by atoms with van der Waals surface area (Å²) in [6.07, 6.45) is 0. The third kappa shape index (κ3) is 3.79. The van der Waals surface area contributed by atoms with E-state index >= 15 is 0 Å². The molecule has 0 radical (unpaired) electrons. The van der Waals surface area contributed by atoms with Crippen LogP contribution in [0.15, 0.2) is 34.8 Å². The van der Waals surface area contributed by atoms with Gasteiger partial charge in [0.15, 0.2) is 6.61 Å². The van der Waals surface area contributed by atoms with E-state index in [0.29, 0.717) is 36.2 Å². The van der Waals surface area contributed by atoms with Gasteiger partial charge in [0.2, 0.25) is 0 Å². The van der Waals surface area contributed by atoms with Gasteiger partial charge in [0, 0.05) is 29.5 Å². The summed E-state index contributed by atoms with van der Waals surface area (Å²) in [7, 11) is 0. The molecule has 2 amide bonds. The van der Waals surface area contributed by atoms with Crippen molar-refractivity contribution in [3.63, 3.8) is 0 Å². The van der Waals surface area contributed by atoms with Crippen molar-refractivity contribution in [2.75, 3.05) is 31.6 Å². The van der Waals surface area contributed by atoms with Crippen LogP contribution in [-0.4, -0.2) is 43.0 Å². The Labute approximate surface area is 173 Å². The highest BCUT2D eigenvalue weighted by atomic mass is 79.9. The molecule has 1 saturated heterocycles. The summed E-state index contributed by atoms with van der Waals surface area (Å²) < 4.78 is 26.0. The maximum Gasteiger partial charge on any atom is 0.262 e. The summed E-state index contributed by atoms with van der Waals surface area (Å²) in [5, 5.41) is 3.08. The Balaban J connectivity index is 1.36. The molecule has 1 fully saturated rings. The number of nitrogens with zero attached hydrogens (tertiary/aromatic N) is 1. The Morgan fingerprint density at radius 1 is 1.36 bits per heavy atom. The molecule has 9 heteroatoms. The van der Waals surface area contributed by atoms with Crippen LogP contribution in [0.2, 0.25) is 5.02 Å². The van der Waals surface area contributed by atoms with E-state index in [1.54, 1.807) is 12.1 Å². The Kier molecular flexibility index (Phi) is 5.16. The van der Waals surface area contributed by atoms with E-state index in [0.717, 1.165) is 10.5 Å². The molecule has 28 heavy (non-hydrogen) atoms. The Morgan fingerprint density at radius 3 is 2.89 bits per heavy atom. The van der Waals surface area contributed by atoms with Gasteiger partial charge in [-0.05, 0) is 24.3 Å². The highest BCUT2D eigenvalue weighted by molar-refractivity contribution is 9.10. The van der Waals surface area contributed by atoms with Gasteiger partial charge >= 0.3 is 0 Å². The van der Waals surface area contributed by atoms with E-state index in [4.69, 9.17) is 21.1 Å². The van der Waals surface area contributed by atoms with E-state index in [9.17, 15) is 14.0 Å². The lowest BCUT2D eigenvalue weighted by molar-refractivity contribution is -0.118. The van der Waals surface area contributed by atoms with Gasteiger partial charge in [0.05, 0.1) is 22.9 Å². The molecule has 2 heterocycles. The molecule has 0 bridgehead atoms. The molecule has 2 aromatic carbocycles. The Hall–Kier alpha value is -2.32. The predicted octanol–water partition coefficient (Wildman–Crippen LogP) is 3.72. The van der Waals surface area contributed by atoms with E-state index in [1.807, 2.05) is 6.07 Å². The van der Waals surface area contributed by atoms with E-state index < -0.39 is 11.7 Å². The van der Waals surface area contributed by atoms with Crippen LogP contribution in [0, 0.1) is 11.7 Å². The van der Waals surface area contributed by atoms with E-state index in [1.165, 1.54) is 11.0 Å². The van der Waals surface area contributed by atoms with E-state index in [-0.39, 0.29) is 29.7 Å². The van der Waals surface area contributed by atoms with Gasteiger partial charge < -0.3 is 19.7 Å². The average molecular weight is 470 g/mol. The maximum atomic E-state index is 14.3. The van der Waals surface area contributed by atoms with Crippen LogP contribution in [-0.2, 0) is 4.79 Å². The molecule has 2 aromatic rings. The summed E-state index contributed by atoms with van der Waals surface area (Å²) in [5.41, 5.74) is 0.200. The second kappa shape index (κ2) is 7.60. The number of likely N-dealkylation sites (tertiary alicyclic amines) is 1. The monoisotopic (exact) mass is 468 g/mol. The highest BCUT2D eigenvalue weighted by Crippen LogP contribution is 2.32. The number of carbonyl (C=O) groups is 2. The lowest BCUT2D eigenvalue weighted by Crippen LogP contribution is -2.52. The number of rotatable bonds is 4. The zero-order valence-corrected chi connectivity index (χ0v) is 16.8. The summed E-state index contributed by atoms with van der Waals surface area (Å²) in [6.45, 7) is 1.14. The maximum absolute atomic E-state index is 14.3. The molecule has 6 nitrogen and oxygen atoms in total. The number of nitrogens with one attached hydrogen (secondary N) is 1. The summed E-state index contributed by atoms with van der Waals surface area (Å²) in [4.78, 5) is 25.5. The van der Waals surface area contributed by atoms with Crippen LogP contribution >= 0.6 is 27.5 Å². The van der Waals surface area contributed by atoms with Gasteiger partial charge in [-0.1, -0.05) is 27.5 Å². The lowest BCUT2D eigenvalue weighted by atomic mass is 9.99. The first-order chi connectivity index (χ1) is 13.4. The van der Waals surface area contributed by atoms with Crippen molar-refractivity contribution in [1.29, 1.82) is 0 Å². The molecule has 0 atom stereocenters. The molecular weight excluding hydrogens is 455 g/mol. The number of amides is 2. The van der Waals surface area contributed by atoms with Crippen molar-refractivity contribution >= 4 is 45.0 Å². The number of hydrogen-bond acceptors (Lipinski definition) is 4. The van der Waals surface area contributed by atoms with Gasteiger partial charge in [-0.15, -0.1) is 0 Å². The quantitative estimate of drug-likeness (QED) is 0.741. The minimum Gasteiger partial charge on any atom is -0.492 e. The average Bonchev–Trinajstić information content (AvgIpc) is 2.61. The van der Waals surface area contributed by atoms with Crippen LogP contribution in [0.3, 0.4) is 0 Å². The summed E-state index contributed by atoms with van der Waals surface area (Å²) in [5.74, 6) is -0.530. The predicted molar refractivity (Wildman–Crippen MR) is 105 cm³/mol. The number of carbonyl (C=O) groups excluding carboxylic acids is 2. The number of halogens is 3. The standard InChI is InChI=1S/C19H15BrClFN2O4/c20-11-1-2-16(13(21)3-11)27-8-10-6-24(7-10)19(26)12-4-15-17(5-14(12)22)28-9-18(25)23-15/h1-5,10H,6-9H2,(H,23,25). The van der Waals surface area contributed by atoms with Crippen molar-refractivity contribution in [3.8, 4) is 11.5 Å². The van der Waals surface area contributed by atoms with Crippen molar-refractivity contribution in [3.05, 3.63) is 51.2 Å². The minimum atomic E-state index is -0.679. The van der Waals surface area contributed by atoms with Crippen molar-refractivity contribution in [1.82, 2.24) is 4.90 Å². The lowest BCUT2D eigenvalue weighted by Gasteiger charge is -2.39. The van der Waals surface area contributed by atoms with Crippen LogP contribution in [0.25, 0.3) is 0 Å². The number of ether oxygens (including phenoxy) is 2. The fourth-order valence-electron chi connectivity index (χ4n) is 3.08. The second-order valence-corrected chi connectivity index (χ2v) is 7.95. The highest BCUT2D eigenvalue weighted by Gasteiger charge is 2.34. The number of hydrogen-bond donors (Lipinski definition) is 1. The van der Waals surface area contributed by atoms with Crippen molar-refractivity contribution < 1.29 is 23.5 Å². The van der Waals surface area contributed by atoms with Gasteiger partial charge in [0.1, 0.15) is 17.3 Å². The second-order valence-electron chi connectivity index (χ2n) is 6.63. The van der Waals surface area contributed by atoms with Crippen LogP contribution in [0.4, 0.5) is 10.1 Å². The Morgan fingerprint density at radius 2 is 2.14 bits per heavy atom. The van der Waals surface area contributed by atoms with Crippen LogP contribution in [0.5, 0.6) is 11.5 Å². The molecule has 146 valence electrons. The number of benzene rings is 2. The summed E-state index contributed by atoms with van der Waals surface area (Å²) >= 11 is 9.45. The molecule has 2 aliphatic rings. The third-order valence-corrected chi connectivity index (χ3v) is 5.33. The molecule has 0 saturated carbocycles. The number of anilines is 1. The van der Waals surface area contributed by atoms with Crippen molar-refractivity contribution in [2.45, 2.75) is 0 Å². The van der Waals surface area contributed by atoms with Crippen LogP contribution in [0.1, 0.15) is 10.4 Å². The van der Waals surface area contributed by atoms with Gasteiger partial charge in [-0.2, -0.15) is 0 Å². The fourth-order valence-corrected chi connectivity index (χ4v) is 3.80. The molecule has 0 unspecified atom stereocenters. The molecule has 0 aliphatic carbocycles. The fraction of sp³-hybridized carbons (Fsp3) is 0.263. The third-order valence-electron chi connectivity index (χ3n) is 4.55. The van der Waals surface area contributed by atoms with Gasteiger partial charge in [0.25, 0.3) is 11.8 Å². The minimum absolute atomic E-state index is 0.0973. The molecule has 0 spiro atoms. The zero-order chi connectivity index (χ0) is 19.8. The molecule has 1 N–H and O–H groups in total. The Bertz CT molecular complexity index is 965. The largest absolute Gasteiger partial charge is 0.492 e. The molecule has 0 aromatic heterocycles. The first-order valence-corrected chi connectivity index (χ1v) is 9.71. The summed E-state index contributed by atoms with van der Waals surface area (Å²) in [6, 6.07) is 7.79. The molecule has 2 aliphatic heterocycles. The van der Waals surface area contributed by atoms with Gasteiger partial charge in [-0.3, -0.25) is 9.59 Å². The first-order valence-electron chi connectivity index (χ1n) is 8.54.